The average molecular weight is 912 g/mol. The van der Waals surface area contributed by atoms with Crippen molar-refractivity contribution in [2.24, 2.45) is 4.99 Å². The van der Waals surface area contributed by atoms with Crippen LogP contribution in [0.1, 0.15) is 116 Å². The van der Waals surface area contributed by atoms with Gasteiger partial charge in [-0.3, -0.25) is 19.1 Å². The van der Waals surface area contributed by atoms with Crippen molar-refractivity contribution >= 4 is 39.2 Å². The van der Waals surface area contributed by atoms with Crippen molar-refractivity contribution < 1.29 is 27.3 Å². The molecule has 0 bridgehead atoms. The number of methoxy groups -OCH3 is 1. The molecular weight excluding hydrogens is 852 g/mol. The van der Waals surface area contributed by atoms with Crippen molar-refractivity contribution in [3.63, 3.8) is 0 Å². The van der Waals surface area contributed by atoms with Crippen LogP contribution >= 0.6 is 11.6 Å². The molecule has 1 N–H and O–H groups in total. The quantitative estimate of drug-likeness (QED) is 0.0799. The Labute approximate surface area is 381 Å². The van der Waals surface area contributed by atoms with Gasteiger partial charge < -0.3 is 19.5 Å². The number of unbranched alkanes of at least 4 members (excludes halogenated alkanes) is 8. The number of benzene rings is 3. The van der Waals surface area contributed by atoms with E-state index in [1.165, 1.54) is 4.31 Å². The van der Waals surface area contributed by atoms with E-state index in [4.69, 9.17) is 25.9 Å². The van der Waals surface area contributed by atoms with Gasteiger partial charge in [0.05, 0.1) is 35.5 Å². The zero-order valence-corrected chi connectivity index (χ0v) is 39.1. The van der Waals surface area contributed by atoms with Gasteiger partial charge in [-0.1, -0.05) is 86.0 Å². The van der Waals surface area contributed by atoms with Crippen LogP contribution < -0.4 is 10.1 Å². The van der Waals surface area contributed by atoms with Crippen LogP contribution in [0.4, 0.5) is 0 Å². The number of halogens is 1. The second kappa shape index (κ2) is 21.1. The summed E-state index contributed by atoms with van der Waals surface area (Å²) in [5.74, 6) is 2.66. The van der Waals surface area contributed by atoms with E-state index in [1.54, 1.807) is 25.0 Å². The van der Waals surface area contributed by atoms with E-state index in [2.05, 4.69) is 20.7 Å². The molecule has 16 heteroatoms. The van der Waals surface area contributed by atoms with Crippen LogP contribution in [0.2, 0.25) is 5.02 Å². The van der Waals surface area contributed by atoms with Gasteiger partial charge >= 0.3 is 0 Å². The standard InChI is InChI=1S/C48H59ClN8O6S/c1-32-16-17-37(46-33(2)54-63-34(46)3)29-43(32)64(60,61)56-27-25-55(26-28-56)45(59)15-13-11-9-7-6-8-10-12-14-24-50-44(58)31-41-48-53-52-35(4)57(48)42-23-22-39(62-5)30-40(42)47(51-41)36-18-20-38(49)21-19-36/h16-23,29-30,41H,6-15,24-28,31H2,1-5H3,(H,50,58). The Morgan fingerprint density at radius 1 is 0.828 bits per heavy atom. The Morgan fingerprint density at radius 2 is 1.50 bits per heavy atom. The van der Waals surface area contributed by atoms with Crippen molar-refractivity contribution in [3.05, 3.63) is 105 Å². The number of sulfonamides is 1. The fourth-order valence-electron chi connectivity index (χ4n) is 8.69. The molecule has 0 radical (unpaired) electrons. The van der Waals surface area contributed by atoms with Gasteiger partial charge in [0.15, 0.2) is 5.82 Å². The first kappa shape index (κ1) is 46.6. The molecule has 2 aromatic heterocycles. The fourth-order valence-corrected chi connectivity index (χ4v) is 10.5. The largest absolute Gasteiger partial charge is 0.497 e. The Bertz CT molecular complexity index is 2560. The maximum absolute atomic E-state index is 13.7. The molecule has 2 aliphatic heterocycles. The van der Waals surface area contributed by atoms with E-state index < -0.39 is 16.1 Å². The maximum atomic E-state index is 13.7. The molecule has 0 aliphatic carbocycles. The number of hydrogen-bond acceptors (Lipinski definition) is 10. The lowest BCUT2D eigenvalue weighted by Gasteiger charge is -2.34. The topological polar surface area (TPSA) is 165 Å². The zero-order valence-electron chi connectivity index (χ0n) is 37.5. The second-order valence-corrected chi connectivity index (χ2v) is 19.1. The number of rotatable bonds is 19. The molecule has 1 atom stereocenters. The Morgan fingerprint density at radius 3 is 2.17 bits per heavy atom. The summed E-state index contributed by atoms with van der Waals surface area (Å²) in [6.45, 7) is 9.28. The molecule has 2 amide bonds. The summed E-state index contributed by atoms with van der Waals surface area (Å²) in [6.07, 6.45) is 9.95. The predicted octanol–water partition coefficient (Wildman–Crippen LogP) is 8.65. The lowest BCUT2D eigenvalue weighted by Crippen LogP contribution is -2.50. The van der Waals surface area contributed by atoms with E-state index >= 15 is 0 Å². The normalized spacial score (nSPS) is 15.3. The molecule has 1 unspecified atom stereocenters. The van der Waals surface area contributed by atoms with Gasteiger partial charge in [0.1, 0.15) is 23.4 Å². The first-order valence-electron chi connectivity index (χ1n) is 22.4. The number of carbonyl (C=O) groups is 2. The van der Waals surface area contributed by atoms with Gasteiger partial charge in [0, 0.05) is 60.9 Å². The van der Waals surface area contributed by atoms with E-state index in [1.807, 2.05) is 79.9 Å². The second-order valence-electron chi connectivity index (χ2n) is 16.8. The lowest BCUT2D eigenvalue weighted by atomic mass is 10.00. The molecule has 3 aromatic carbocycles. The minimum atomic E-state index is -3.74. The highest BCUT2D eigenvalue weighted by molar-refractivity contribution is 7.89. The molecule has 2 aliphatic rings. The fraction of sp³-hybridized carbons (Fsp3) is 0.458. The van der Waals surface area contributed by atoms with Crippen LogP contribution in [0.15, 0.2) is 75.1 Å². The van der Waals surface area contributed by atoms with Crippen molar-refractivity contribution in [2.75, 3.05) is 39.8 Å². The van der Waals surface area contributed by atoms with Gasteiger partial charge in [-0.25, -0.2) is 8.42 Å². The predicted molar refractivity (Wildman–Crippen MR) is 248 cm³/mol. The van der Waals surface area contributed by atoms with E-state index in [0.29, 0.717) is 65.5 Å². The molecule has 0 spiro atoms. The summed E-state index contributed by atoms with van der Waals surface area (Å²) >= 11 is 6.23. The molecule has 14 nitrogen and oxygen atoms in total. The number of piperazine rings is 1. The van der Waals surface area contributed by atoms with Crippen molar-refractivity contribution in [1.29, 1.82) is 0 Å². The molecule has 1 fully saturated rings. The van der Waals surface area contributed by atoms with Crippen molar-refractivity contribution in [1.82, 2.24) is 34.4 Å². The summed E-state index contributed by atoms with van der Waals surface area (Å²) in [5, 5.41) is 16.6. The van der Waals surface area contributed by atoms with Crippen LogP contribution in [0.3, 0.4) is 0 Å². The molecule has 340 valence electrons. The number of nitrogens with zero attached hydrogens (tertiary/aromatic N) is 7. The third kappa shape index (κ3) is 10.8. The molecule has 1 saturated heterocycles. The maximum Gasteiger partial charge on any atom is 0.243 e. The average Bonchev–Trinajstić information content (AvgIpc) is 3.81. The van der Waals surface area contributed by atoms with Gasteiger partial charge in [-0.2, -0.15) is 4.31 Å². The lowest BCUT2D eigenvalue weighted by molar-refractivity contribution is -0.132. The number of aliphatic imine (C=N–C) groups is 1. The molecule has 64 heavy (non-hydrogen) atoms. The summed E-state index contributed by atoms with van der Waals surface area (Å²) in [6, 6.07) is 18.2. The molecular formula is C48H59ClN8O6S. The van der Waals surface area contributed by atoms with Crippen molar-refractivity contribution in [2.45, 2.75) is 109 Å². The number of amides is 2. The highest BCUT2D eigenvalue weighted by Gasteiger charge is 2.32. The van der Waals surface area contributed by atoms with Crippen LogP contribution in [0.5, 0.6) is 5.75 Å². The van der Waals surface area contributed by atoms with Gasteiger partial charge in [0.25, 0.3) is 0 Å². The van der Waals surface area contributed by atoms with Crippen LogP contribution in [0.25, 0.3) is 16.8 Å². The Kier molecular flexibility index (Phi) is 15.3. The zero-order chi connectivity index (χ0) is 45.4. The number of fused-ring (bicyclic) bond motifs is 3. The van der Waals surface area contributed by atoms with Crippen LogP contribution in [0, 0.1) is 27.7 Å². The number of aryl methyl sites for hydroxylation is 4. The number of nitrogens with one attached hydrogen (secondary N) is 1. The SMILES string of the molecule is COc1ccc2c(c1)C(c1ccc(Cl)cc1)=NC(CC(=O)NCCCCCCCCCCCC(=O)N1CCN(S(=O)(=O)c3cc(-c4c(C)noc4C)ccc3C)CC1)c1nnc(C)n1-2. The first-order valence-corrected chi connectivity index (χ1v) is 24.2. The van der Waals surface area contributed by atoms with Gasteiger partial charge in [-0.15, -0.1) is 10.2 Å². The van der Waals surface area contributed by atoms with E-state index in [-0.39, 0.29) is 36.2 Å². The van der Waals surface area contributed by atoms with E-state index in [0.717, 1.165) is 91.4 Å². The summed E-state index contributed by atoms with van der Waals surface area (Å²) < 4.78 is 41.8. The van der Waals surface area contributed by atoms with Gasteiger partial charge in [0.2, 0.25) is 21.8 Å². The smallest absolute Gasteiger partial charge is 0.243 e. The highest BCUT2D eigenvalue weighted by Crippen LogP contribution is 2.35. The molecule has 4 heterocycles. The third-order valence-corrected chi connectivity index (χ3v) is 14.5. The first-order chi connectivity index (χ1) is 30.8. The summed E-state index contributed by atoms with van der Waals surface area (Å²) in [5.41, 5.74) is 6.28. The number of aromatic nitrogens is 4. The highest BCUT2D eigenvalue weighted by atomic mass is 35.5. The van der Waals surface area contributed by atoms with E-state index in [9.17, 15) is 18.0 Å². The Hall–Kier alpha value is -5.38. The monoisotopic (exact) mass is 910 g/mol. The number of ether oxygens (including phenoxy) is 1. The van der Waals surface area contributed by atoms with Crippen molar-refractivity contribution in [3.8, 4) is 22.6 Å². The molecule has 0 saturated carbocycles. The minimum Gasteiger partial charge on any atom is -0.497 e. The van der Waals surface area contributed by atoms with Crippen LogP contribution in [-0.2, 0) is 19.6 Å². The Balaban J connectivity index is 0.777. The number of carbonyl (C=O) groups excluding carboxylic acids is 2. The third-order valence-electron chi connectivity index (χ3n) is 12.2. The molecule has 7 rings (SSSR count). The summed E-state index contributed by atoms with van der Waals surface area (Å²) in [7, 11) is -2.11. The van der Waals surface area contributed by atoms with Crippen LogP contribution in [-0.4, -0.2) is 94.9 Å². The number of hydrogen-bond donors (Lipinski definition) is 1. The van der Waals surface area contributed by atoms with Gasteiger partial charge in [-0.05, 0) is 88.1 Å². The molecule has 5 aromatic rings. The minimum absolute atomic E-state index is 0.0871. The summed E-state index contributed by atoms with van der Waals surface area (Å²) in [4.78, 5) is 33.6.